The second-order valence-corrected chi connectivity index (χ2v) is 7.93. The Bertz CT molecular complexity index is 1500. The summed E-state index contributed by atoms with van der Waals surface area (Å²) in [6.45, 7) is 3.71. The van der Waals surface area contributed by atoms with E-state index in [1.54, 1.807) is 24.7 Å². The molecule has 4 aromatic heterocycles. The van der Waals surface area contributed by atoms with E-state index in [1.807, 2.05) is 77.6 Å². The van der Waals surface area contributed by atoms with Crippen LogP contribution in [0.2, 0.25) is 0 Å². The molecule has 5 rings (SSSR count). The van der Waals surface area contributed by atoms with Gasteiger partial charge in [-0.3, -0.25) is 14.6 Å². The molecule has 0 aliphatic carbocycles. The highest BCUT2D eigenvalue weighted by Gasteiger charge is 2.25. The molecule has 9 heteroatoms. The Kier molecular flexibility index (Phi) is 5.51. The fourth-order valence-corrected chi connectivity index (χ4v) is 3.89. The van der Waals surface area contributed by atoms with Crippen molar-refractivity contribution in [3.8, 4) is 11.5 Å². The number of hydrogen-bond donors (Lipinski definition) is 1. The van der Waals surface area contributed by atoms with Crippen LogP contribution in [-0.2, 0) is 11.3 Å². The van der Waals surface area contributed by atoms with E-state index in [4.69, 9.17) is 5.10 Å². The molecule has 1 amide bonds. The SMILES string of the molecule is Cc1nn([C@@H](C)C(=O)NCc2ccccn2)c(=O)c2c(-n3cccc3)n(-c3ccccc3)nc12. The van der Waals surface area contributed by atoms with Crippen LogP contribution in [0.1, 0.15) is 24.4 Å². The second-order valence-electron chi connectivity index (χ2n) is 7.93. The molecular formula is C25H23N7O2. The third-order valence-corrected chi connectivity index (χ3v) is 5.65. The van der Waals surface area contributed by atoms with Gasteiger partial charge in [-0.05, 0) is 50.2 Å². The van der Waals surface area contributed by atoms with E-state index in [9.17, 15) is 9.59 Å². The van der Waals surface area contributed by atoms with Gasteiger partial charge >= 0.3 is 0 Å². The van der Waals surface area contributed by atoms with Gasteiger partial charge in [0, 0.05) is 18.6 Å². The first-order chi connectivity index (χ1) is 16.5. The van der Waals surface area contributed by atoms with Crippen LogP contribution in [0.25, 0.3) is 22.4 Å². The minimum absolute atomic E-state index is 0.264. The summed E-state index contributed by atoms with van der Waals surface area (Å²) < 4.78 is 4.81. The third-order valence-electron chi connectivity index (χ3n) is 5.65. The summed E-state index contributed by atoms with van der Waals surface area (Å²) in [6.07, 6.45) is 5.39. The monoisotopic (exact) mass is 453 g/mol. The lowest BCUT2D eigenvalue weighted by atomic mass is 10.2. The standard InChI is InChI=1S/C25H23N7O2/c1-17-22-21(24(30-14-8-9-15-30)32(29-22)20-11-4-3-5-12-20)25(34)31(28-17)18(2)23(33)27-16-19-10-6-7-13-26-19/h3-15,18H,16H2,1-2H3,(H,27,33)/t18-/m0/s1. The molecule has 1 N–H and O–H groups in total. The molecule has 0 aliphatic rings. The summed E-state index contributed by atoms with van der Waals surface area (Å²) >= 11 is 0. The zero-order valence-electron chi connectivity index (χ0n) is 18.8. The number of carbonyl (C=O) groups is 1. The molecule has 0 spiro atoms. The van der Waals surface area contributed by atoms with Crippen molar-refractivity contribution in [1.82, 2.24) is 34.4 Å². The molecule has 0 aliphatic heterocycles. The quantitative estimate of drug-likeness (QED) is 0.426. The van der Waals surface area contributed by atoms with Crippen LogP contribution in [0.3, 0.4) is 0 Å². The highest BCUT2D eigenvalue weighted by molar-refractivity contribution is 5.88. The molecule has 0 saturated heterocycles. The van der Waals surface area contributed by atoms with E-state index in [-0.39, 0.29) is 18.0 Å². The number of amides is 1. The largest absolute Gasteiger partial charge is 0.349 e. The Hall–Kier alpha value is -4.53. The van der Waals surface area contributed by atoms with Gasteiger partial charge in [-0.25, -0.2) is 9.36 Å². The van der Waals surface area contributed by atoms with Crippen LogP contribution in [0.5, 0.6) is 0 Å². The number of pyridine rings is 1. The lowest BCUT2D eigenvalue weighted by Crippen LogP contribution is -2.37. The summed E-state index contributed by atoms with van der Waals surface area (Å²) in [5.41, 5.74) is 2.21. The van der Waals surface area contributed by atoms with Gasteiger partial charge in [0.2, 0.25) is 5.91 Å². The van der Waals surface area contributed by atoms with Gasteiger partial charge in [0.25, 0.3) is 5.56 Å². The lowest BCUT2D eigenvalue weighted by Gasteiger charge is -2.15. The van der Waals surface area contributed by atoms with Crippen LogP contribution in [-0.4, -0.2) is 35.0 Å². The predicted octanol–water partition coefficient (Wildman–Crippen LogP) is 2.95. The minimum atomic E-state index is -0.822. The van der Waals surface area contributed by atoms with E-state index in [0.29, 0.717) is 22.4 Å². The Morgan fingerprint density at radius 3 is 2.44 bits per heavy atom. The van der Waals surface area contributed by atoms with Gasteiger partial charge in [0.05, 0.1) is 23.6 Å². The first-order valence-electron chi connectivity index (χ1n) is 10.9. The van der Waals surface area contributed by atoms with E-state index in [1.165, 1.54) is 4.68 Å². The molecule has 0 radical (unpaired) electrons. The van der Waals surface area contributed by atoms with Gasteiger partial charge in [0.1, 0.15) is 16.9 Å². The normalized spacial score (nSPS) is 12.1. The molecule has 34 heavy (non-hydrogen) atoms. The van der Waals surface area contributed by atoms with Crippen molar-refractivity contribution in [3.63, 3.8) is 0 Å². The van der Waals surface area contributed by atoms with Crippen molar-refractivity contribution in [3.05, 3.63) is 101 Å². The van der Waals surface area contributed by atoms with Crippen molar-refractivity contribution < 1.29 is 4.79 Å². The molecule has 1 atom stereocenters. The predicted molar refractivity (Wildman–Crippen MR) is 128 cm³/mol. The first-order valence-corrected chi connectivity index (χ1v) is 10.9. The van der Waals surface area contributed by atoms with Gasteiger partial charge in [-0.2, -0.15) is 10.2 Å². The van der Waals surface area contributed by atoms with Gasteiger partial charge in [-0.15, -0.1) is 0 Å². The summed E-state index contributed by atoms with van der Waals surface area (Å²) in [5, 5.41) is 12.4. The number of aromatic nitrogens is 6. The van der Waals surface area contributed by atoms with Crippen molar-refractivity contribution in [1.29, 1.82) is 0 Å². The number of carbonyl (C=O) groups excluding carboxylic acids is 1. The van der Waals surface area contributed by atoms with E-state index in [2.05, 4.69) is 15.4 Å². The maximum atomic E-state index is 13.7. The average Bonchev–Trinajstić information content (AvgIpc) is 3.54. The van der Waals surface area contributed by atoms with Crippen molar-refractivity contribution in [2.75, 3.05) is 0 Å². The first kappa shape index (κ1) is 21.3. The molecule has 9 nitrogen and oxygen atoms in total. The Morgan fingerprint density at radius 2 is 1.74 bits per heavy atom. The topological polar surface area (TPSA) is 99.6 Å². The second kappa shape index (κ2) is 8.78. The number of nitrogens with one attached hydrogen (secondary N) is 1. The van der Waals surface area contributed by atoms with Crippen LogP contribution in [0, 0.1) is 6.92 Å². The molecule has 0 unspecified atom stereocenters. The average molecular weight is 454 g/mol. The molecule has 0 saturated carbocycles. The smallest absolute Gasteiger partial charge is 0.280 e. The number of hydrogen-bond acceptors (Lipinski definition) is 5. The van der Waals surface area contributed by atoms with Crippen LogP contribution >= 0.6 is 0 Å². The van der Waals surface area contributed by atoms with E-state index >= 15 is 0 Å². The number of aryl methyl sites for hydroxylation is 1. The van der Waals surface area contributed by atoms with E-state index in [0.717, 1.165) is 11.4 Å². The molecular weight excluding hydrogens is 430 g/mol. The zero-order chi connectivity index (χ0) is 23.7. The molecule has 170 valence electrons. The van der Waals surface area contributed by atoms with Gasteiger partial charge in [-0.1, -0.05) is 24.3 Å². The fourth-order valence-electron chi connectivity index (χ4n) is 3.89. The Labute approximate surface area is 195 Å². The summed E-state index contributed by atoms with van der Waals surface area (Å²) in [7, 11) is 0. The van der Waals surface area contributed by atoms with Crippen molar-refractivity contribution >= 4 is 16.8 Å². The summed E-state index contributed by atoms with van der Waals surface area (Å²) in [4.78, 5) is 30.8. The number of rotatable bonds is 6. The van der Waals surface area contributed by atoms with E-state index < -0.39 is 6.04 Å². The molecule has 1 aromatic carbocycles. The maximum absolute atomic E-state index is 13.7. The van der Waals surface area contributed by atoms with Gasteiger partial charge in [0.15, 0.2) is 5.82 Å². The third kappa shape index (κ3) is 3.77. The van der Waals surface area contributed by atoms with Crippen LogP contribution in [0.15, 0.2) is 84.0 Å². The minimum Gasteiger partial charge on any atom is -0.349 e. The van der Waals surface area contributed by atoms with Crippen molar-refractivity contribution in [2.45, 2.75) is 26.4 Å². The summed E-state index contributed by atoms with van der Waals surface area (Å²) in [6, 6.07) is 18.0. The summed E-state index contributed by atoms with van der Waals surface area (Å²) in [5.74, 6) is 0.272. The zero-order valence-corrected chi connectivity index (χ0v) is 18.8. The highest BCUT2D eigenvalue weighted by atomic mass is 16.2. The Morgan fingerprint density at radius 1 is 1.00 bits per heavy atom. The maximum Gasteiger partial charge on any atom is 0.280 e. The van der Waals surface area contributed by atoms with Crippen LogP contribution in [0.4, 0.5) is 0 Å². The number of para-hydroxylation sites is 1. The Balaban J connectivity index is 1.61. The number of benzene rings is 1. The highest BCUT2D eigenvalue weighted by Crippen LogP contribution is 2.25. The van der Waals surface area contributed by atoms with Crippen molar-refractivity contribution in [2.24, 2.45) is 0 Å². The number of nitrogens with zero attached hydrogens (tertiary/aromatic N) is 6. The van der Waals surface area contributed by atoms with Gasteiger partial charge < -0.3 is 9.88 Å². The lowest BCUT2D eigenvalue weighted by molar-refractivity contribution is -0.124. The molecule has 4 heterocycles. The molecule has 0 bridgehead atoms. The molecule has 5 aromatic rings. The fraction of sp³-hybridized carbons (Fsp3) is 0.160. The van der Waals surface area contributed by atoms with Crippen LogP contribution < -0.4 is 10.9 Å². The number of fused-ring (bicyclic) bond motifs is 1. The molecule has 0 fully saturated rings.